The lowest BCUT2D eigenvalue weighted by molar-refractivity contribution is -0.141. The Labute approximate surface area is 76.5 Å². The number of hydrogen-bond donors (Lipinski definition) is 1. The molecule has 0 radical (unpaired) electrons. The van der Waals surface area contributed by atoms with Crippen LogP contribution in [0, 0.1) is 11.8 Å². The fraction of sp³-hybridized carbons (Fsp3) is 0.778. The zero-order valence-electron chi connectivity index (χ0n) is 7.40. The second kappa shape index (κ2) is 3.01. The number of aliphatic carboxylic acids is 1. The van der Waals surface area contributed by atoms with Crippen molar-refractivity contribution in [3.8, 4) is 0 Å². The van der Waals surface area contributed by atoms with Gasteiger partial charge < -0.3 is 10.0 Å². The summed E-state index contributed by atoms with van der Waals surface area (Å²) in [7, 11) is 0. The number of carboxylic acid groups (broad SMARTS) is 1. The summed E-state index contributed by atoms with van der Waals surface area (Å²) in [5.74, 6) is -0.718. The fourth-order valence-corrected chi connectivity index (χ4v) is 1.75. The van der Waals surface area contributed by atoms with Gasteiger partial charge in [0.1, 0.15) is 0 Å². The highest BCUT2D eigenvalue weighted by molar-refractivity contribution is 5.82. The minimum Gasteiger partial charge on any atom is -0.481 e. The molecule has 72 valence electrons. The maximum Gasteiger partial charge on any atom is 0.308 e. The first-order chi connectivity index (χ1) is 6.18. The van der Waals surface area contributed by atoms with Crippen molar-refractivity contribution >= 4 is 11.9 Å². The normalized spacial score (nSPS) is 27.7. The summed E-state index contributed by atoms with van der Waals surface area (Å²) in [5, 5.41) is 8.73. The molecule has 13 heavy (non-hydrogen) atoms. The molecule has 1 N–H and O–H groups in total. The summed E-state index contributed by atoms with van der Waals surface area (Å²) in [6, 6.07) is 0. The van der Waals surface area contributed by atoms with Crippen molar-refractivity contribution < 1.29 is 14.7 Å². The molecule has 1 aliphatic heterocycles. The molecule has 0 aromatic heterocycles. The van der Waals surface area contributed by atoms with Gasteiger partial charge in [0.15, 0.2) is 0 Å². The Balaban J connectivity index is 1.90. The first kappa shape index (κ1) is 8.53. The number of carboxylic acids is 1. The van der Waals surface area contributed by atoms with Crippen molar-refractivity contribution in [2.75, 3.05) is 13.1 Å². The van der Waals surface area contributed by atoms with Crippen LogP contribution in [0.3, 0.4) is 0 Å². The van der Waals surface area contributed by atoms with Crippen molar-refractivity contribution in [1.29, 1.82) is 0 Å². The lowest BCUT2D eigenvalue weighted by Gasteiger charge is -2.14. The molecule has 0 aromatic rings. The second-order valence-corrected chi connectivity index (χ2v) is 3.88. The van der Waals surface area contributed by atoms with E-state index in [9.17, 15) is 9.59 Å². The molecule has 2 rings (SSSR count). The standard InChI is InChI=1S/C9H13NO3/c11-8(6-1-2-6)10-4-3-7(5-10)9(12)13/h6-7H,1-5H2,(H,12,13). The van der Waals surface area contributed by atoms with E-state index < -0.39 is 5.97 Å². The first-order valence-electron chi connectivity index (χ1n) is 4.70. The van der Waals surface area contributed by atoms with E-state index in [1.807, 2.05) is 0 Å². The Morgan fingerprint density at radius 1 is 1.15 bits per heavy atom. The van der Waals surface area contributed by atoms with Gasteiger partial charge in [-0.2, -0.15) is 0 Å². The van der Waals surface area contributed by atoms with Crippen molar-refractivity contribution in [3.63, 3.8) is 0 Å². The van der Waals surface area contributed by atoms with E-state index in [2.05, 4.69) is 0 Å². The van der Waals surface area contributed by atoms with Gasteiger partial charge in [-0.3, -0.25) is 9.59 Å². The minimum atomic E-state index is -0.772. The second-order valence-electron chi connectivity index (χ2n) is 3.88. The third kappa shape index (κ3) is 1.66. The number of carbonyl (C=O) groups excluding carboxylic acids is 1. The van der Waals surface area contributed by atoms with Crippen LogP contribution in [0.2, 0.25) is 0 Å². The average molecular weight is 183 g/mol. The van der Waals surface area contributed by atoms with E-state index in [0.717, 1.165) is 12.8 Å². The van der Waals surface area contributed by atoms with Crippen LogP contribution in [0.25, 0.3) is 0 Å². The van der Waals surface area contributed by atoms with Crippen molar-refractivity contribution in [2.24, 2.45) is 11.8 Å². The monoisotopic (exact) mass is 183 g/mol. The third-order valence-corrected chi connectivity index (χ3v) is 2.78. The first-order valence-corrected chi connectivity index (χ1v) is 4.70. The highest BCUT2D eigenvalue weighted by Gasteiger charge is 2.38. The third-order valence-electron chi connectivity index (χ3n) is 2.78. The molecule has 1 atom stereocenters. The number of likely N-dealkylation sites (tertiary alicyclic amines) is 1. The summed E-state index contributed by atoms with van der Waals surface area (Å²) in [6.07, 6.45) is 2.61. The summed E-state index contributed by atoms with van der Waals surface area (Å²) in [6.45, 7) is 1.05. The van der Waals surface area contributed by atoms with Crippen LogP contribution in [-0.4, -0.2) is 35.0 Å². The molecule has 1 amide bonds. The maximum atomic E-state index is 11.5. The lowest BCUT2D eigenvalue weighted by atomic mass is 10.1. The van der Waals surface area contributed by atoms with Gasteiger partial charge in [0.25, 0.3) is 0 Å². The van der Waals surface area contributed by atoms with Crippen molar-refractivity contribution in [3.05, 3.63) is 0 Å². The van der Waals surface area contributed by atoms with Gasteiger partial charge in [0.2, 0.25) is 5.91 Å². The molecule has 2 aliphatic rings. The van der Waals surface area contributed by atoms with E-state index in [1.165, 1.54) is 0 Å². The molecule has 4 nitrogen and oxygen atoms in total. The zero-order chi connectivity index (χ0) is 9.42. The average Bonchev–Trinajstić information content (AvgIpc) is 2.81. The zero-order valence-corrected chi connectivity index (χ0v) is 7.40. The maximum absolute atomic E-state index is 11.5. The molecule has 2 fully saturated rings. The molecule has 0 bridgehead atoms. The van der Waals surface area contributed by atoms with Gasteiger partial charge in [0.05, 0.1) is 5.92 Å². The van der Waals surface area contributed by atoms with Gasteiger partial charge >= 0.3 is 5.97 Å². The number of amides is 1. The molecular weight excluding hydrogens is 170 g/mol. The van der Waals surface area contributed by atoms with E-state index in [1.54, 1.807) is 4.90 Å². The van der Waals surface area contributed by atoms with Gasteiger partial charge in [-0.05, 0) is 19.3 Å². The Morgan fingerprint density at radius 2 is 1.85 bits per heavy atom. The smallest absolute Gasteiger partial charge is 0.308 e. The van der Waals surface area contributed by atoms with Crippen LogP contribution in [0.15, 0.2) is 0 Å². The highest BCUT2D eigenvalue weighted by atomic mass is 16.4. The minimum absolute atomic E-state index is 0.170. The molecule has 0 spiro atoms. The predicted octanol–water partition coefficient (Wildman–Crippen LogP) is 0.329. The van der Waals surface area contributed by atoms with E-state index in [-0.39, 0.29) is 17.7 Å². The molecule has 1 heterocycles. The Bertz CT molecular complexity index is 247. The van der Waals surface area contributed by atoms with Crippen LogP contribution in [-0.2, 0) is 9.59 Å². The van der Waals surface area contributed by atoms with Crippen molar-refractivity contribution in [1.82, 2.24) is 4.90 Å². The summed E-state index contributed by atoms with van der Waals surface area (Å²) in [4.78, 5) is 23.8. The topological polar surface area (TPSA) is 57.6 Å². The quantitative estimate of drug-likeness (QED) is 0.671. The van der Waals surface area contributed by atoms with Crippen LogP contribution in [0.5, 0.6) is 0 Å². The number of rotatable bonds is 2. The molecular formula is C9H13NO3. The number of carbonyl (C=O) groups is 2. The molecule has 1 saturated heterocycles. The van der Waals surface area contributed by atoms with Gasteiger partial charge in [-0.1, -0.05) is 0 Å². The van der Waals surface area contributed by atoms with Crippen LogP contribution < -0.4 is 0 Å². The molecule has 1 aliphatic carbocycles. The molecule has 1 saturated carbocycles. The Morgan fingerprint density at radius 3 is 2.31 bits per heavy atom. The molecule has 1 unspecified atom stereocenters. The van der Waals surface area contributed by atoms with Crippen LogP contribution >= 0.6 is 0 Å². The SMILES string of the molecule is O=C(O)C1CCN(C(=O)C2CC2)C1. The van der Waals surface area contributed by atoms with E-state index in [4.69, 9.17) is 5.11 Å². The summed E-state index contributed by atoms with van der Waals surface area (Å²) < 4.78 is 0. The number of hydrogen-bond acceptors (Lipinski definition) is 2. The van der Waals surface area contributed by atoms with Crippen LogP contribution in [0.1, 0.15) is 19.3 Å². The lowest BCUT2D eigenvalue weighted by Crippen LogP contribution is -2.30. The van der Waals surface area contributed by atoms with E-state index in [0.29, 0.717) is 19.5 Å². The van der Waals surface area contributed by atoms with Gasteiger partial charge in [0, 0.05) is 19.0 Å². The molecule has 0 aromatic carbocycles. The summed E-state index contributed by atoms with van der Waals surface area (Å²) in [5.41, 5.74) is 0. The van der Waals surface area contributed by atoms with Gasteiger partial charge in [-0.15, -0.1) is 0 Å². The van der Waals surface area contributed by atoms with Crippen LogP contribution in [0.4, 0.5) is 0 Å². The van der Waals surface area contributed by atoms with Gasteiger partial charge in [-0.25, -0.2) is 0 Å². The van der Waals surface area contributed by atoms with E-state index >= 15 is 0 Å². The summed E-state index contributed by atoms with van der Waals surface area (Å²) >= 11 is 0. The van der Waals surface area contributed by atoms with Crippen molar-refractivity contribution in [2.45, 2.75) is 19.3 Å². The largest absolute Gasteiger partial charge is 0.481 e. The predicted molar refractivity (Wildman–Crippen MR) is 45.0 cm³/mol. The molecule has 4 heteroatoms. The highest BCUT2D eigenvalue weighted by Crippen LogP contribution is 2.32. The Kier molecular flexibility index (Phi) is 1.98. The number of nitrogens with zero attached hydrogens (tertiary/aromatic N) is 1. The Hall–Kier alpha value is -1.06. The fourth-order valence-electron chi connectivity index (χ4n) is 1.75.